The fraction of sp³-hybridized carbons (Fsp3) is 0.600. The fourth-order valence-corrected chi connectivity index (χ4v) is 6.15. The minimum absolute atomic E-state index is 0.0842. The molecule has 1 fully saturated rings. The van der Waals surface area contributed by atoms with Crippen LogP contribution in [0, 0.1) is 18.8 Å². The summed E-state index contributed by atoms with van der Waals surface area (Å²) < 4.78 is 28.3. The highest BCUT2D eigenvalue weighted by molar-refractivity contribution is 7.90. The van der Waals surface area contributed by atoms with Crippen LogP contribution in [0.2, 0.25) is 0 Å². The number of benzene rings is 1. The van der Waals surface area contributed by atoms with Crippen LogP contribution in [0.25, 0.3) is 0 Å². The summed E-state index contributed by atoms with van der Waals surface area (Å²) in [6, 6.07) is 7.45. The maximum atomic E-state index is 13.3. The van der Waals surface area contributed by atoms with Crippen molar-refractivity contribution in [3.63, 3.8) is 0 Å². The Morgan fingerprint density at radius 2 is 1.75 bits per heavy atom. The molecule has 1 saturated carbocycles. The van der Waals surface area contributed by atoms with E-state index in [1.165, 1.54) is 0 Å². The van der Waals surface area contributed by atoms with Crippen LogP contribution in [0.5, 0.6) is 0 Å². The highest BCUT2D eigenvalue weighted by atomic mass is 32.2. The van der Waals surface area contributed by atoms with Gasteiger partial charge in [0.05, 0.1) is 24.2 Å². The fourth-order valence-electron chi connectivity index (χ4n) is 4.54. The molecule has 32 heavy (non-hydrogen) atoms. The summed E-state index contributed by atoms with van der Waals surface area (Å²) >= 11 is 0. The Balaban J connectivity index is 1.89. The van der Waals surface area contributed by atoms with Crippen molar-refractivity contribution in [2.75, 3.05) is 6.54 Å². The number of aromatic nitrogens is 2. The van der Waals surface area contributed by atoms with Gasteiger partial charge in [-0.25, -0.2) is 13.4 Å². The molecule has 0 aliphatic heterocycles. The Bertz CT molecular complexity index is 1020. The van der Waals surface area contributed by atoms with Gasteiger partial charge >= 0.3 is 0 Å². The van der Waals surface area contributed by atoms with Gasteiger partial charge in [-0.3, -0.25) is 4.79 Å². The van der Waals surface area contributed by atoms with Crippen molar-refractivity contribution in [1.82, 2.24) is 14.5 Å². The quantitative estimate of drug-likeness (QED) is 0.533. The van der Waals surface area contributed by atoms with Gasteiger partial charge in [0.1, 0.15) is 0 Å². The molecule has 1 aliphatic carbocycles. The lowest BCUT2D eigenvalue weighted by atomic mass is 10.1. The predicted octanol–water partition coefficient (Wildman–Crippen LogP) is 4.92. The first kappa shape index (κ1) is 24.5. The summed E-state index contributed by atoms with van der Waals surface area (Å²) in [5, 5.41) is 0.0842. The number of imidazole rings is 1. The van der Waals surface area contributed by atoms with E-state index >= 15 is 0 Å². The molecule has 1 aliphatic rings. The van der Waals surface area contributed by atoms with Crippen LogP contribution in [-0.2, 0) is 26.9 Å². The third-order valence-electron chi connectivity index (χ3n) is 6.07. The molecule has 0 bridgehead atoms. The molecule has 0 N–H and O–H groups in total. The van der Waals surface area contributed by atoms with E-state index in [0.717, 1.165) is 42.5 Å². The van der Waals surface area contributed by atoms with E-state index in [0.29, 0.717) is 19.0 Å². The van der Waals surface area contributed by atoms with Crippen LogP contribution in [0.3, 0.4) is 0 Å². The third-order valence-corrected chi connectivity index (χ3v) is 7.64. The second-order valence-corrected chi connectivity index (χ2v) is 11.7. The zero-order valence-corrected chi connectivity index (χ0v) is 20.9. The highest BCUT2D eigenvalue weighted by Gasteiger charge is 2.30. The number of carbonyl (C=O) groups is 1. The maximum Gasteiger partial charge on any atom is 0.228 e. The molecule has 0 spiro atoms. The Labute approximate surface area is 193 Å². The minimum Gasteiger partial charge on any atom is -0.336 e. The van der Waals surface area contributed by atoms with Gasteiger partial charge < -0.3 is 9.47 Å². The number of sulfone groups is 1. The first-order valence-electron chi connectivity index (χ1n) is 11.7. The Morgan fingerprint density at radius 3 is 2.31 bits per heavy atom. The molecule has 1 heterocycles. The zero-order chi connectivity index (χ0) is 23.5. The maximum absolute atomic E-state index is 13.3. The minimum atomic E-state index is -3.63. The van der Waals surface area contributed by atoms with Crippen molar-refractivity contribution >= 4 is 15.7 Å². The number of hydrogen-bond donors (Lipinski definition) is 0. The van der Waals surface area contributed by atoms with Gasteiger partial charge in [-0.15, -0.1) is 0 Å². The van der Waals surface area contributed by atoms with E-state index in [2.05, 4.69) is 18.8 Å². The summed E-state index contributed by atoms with van der Waals surface area (Å²) in [5.74, 6) is 0.527. The molecule has 1 aromatic heterocycles. The van der Waals surface area contributed by atoms with Crippen molar-refractivity contribution in [1.29, 1.82) is 0 Å². The Morgan fingerprint density at radius 1 is 1.12 bits per heavy atom. The normalized spacial score (nSPS) is 15.1. The largest absolute Gasteiger partial charge is 0.336 e. The lowest BCUT2D eigenvalue weighted by Gasteiger charge is -2.28. The van der Waals surface area contributed by atoms with Gasteiger partial charge in [-0.1, -0.05) is 56.5 Å². The molecule has 7 heteroatoms. The zero-order valence-electron chi connectivity index (χ0n) is 20.0. The van der Waals surface area contributed by atoms with Gasteiger partial charge in [0, 0.05) is 18.5 Å². The van der Waals surface area contributed by atoms with Crippen LogP contribution in [0.4, 0.5) is 0 Å². The second-order valence-electron chi connectivity index (χ2n) is 9.83. The number of aryl methyl sites for hydroxylation is 1. The number of hydrogen-bond acceptors (Lipinski definition) is 4. The first-order valence-corrected chi connectivity index (χ1v) is 13.4. The van der Waals surface area contributed by atoms with E-state index in [4.69, 9.17) is 0 Å². The topological polar surface area (TPSA) is 72.3 Å². The summed E-state index contributed by atoms with van der Waals surface area (Å²) in [7, 11) is -3.63. The molecule has 0 radical (unpaired) electrons. The number of rotatable bonds is 9. The lowest BCUT2D eigenvalue weighted by Crippen LogP contribution is -2.38. The molecule has 0 saturated heterocycles. The van der Waals surface area contributed by atoms with Crippen molar-refractivity contribution < 1.29 is 13.2 Å². The monoisotopic (exact) mass is 459 g/mol. The van der Waals surface area contributed by atoms with Gasteiger partial charge in [0.25, 0.3) is 0 Å². The SMILES string of the molecule is Cc1ccc(CS(=O)(=O)c2ncc(CN(CC(C)C)C(=O)C3CCCC3)n2C(C)C)cc1. The van der Waals surface area contributed by atoms with Crippen LogP contribution in [0.15, 0.2) is 35.6 Å². The van der Waals surface area contributed by atoms with Crippen LogP contribution in [0.1, 0.15) is 76.2 Å². The number of amides is 1. The van der Waals surface area contributed by atoms with Crippen LogP contribution in [-0.4, -0.2) is 35.3 Å². The van der Waals surface area contributed by atoms with Crippen molar-refractivity contribution in [2.24, 2.45) is 11.8 Å². The Kier molecular flexibility index (Phi) is 7.80. The van der Waals surface area contributed by atoms with E-state index in [-0.39, 0.29) is 28.8 Å². The molecular weight excluding hydrogens is 422 g/mol. The standard InChI is InChI=1S/C25H37N3O3S/c1-18(2)15-27(24(29)22-8-6-7-9-22)16-23-14-26-25(28(23)19(3)4)32(30,31)17-21-12-10-20(5)11-13-21/h10-14,18-19,22H,6-9,15-17H2,1-5H3. The molecule has 1 aromatic carbocycles. The highest BCUT2D eigenvalue weighted by Crippen LogP contribution is 2.28. The average molecular weight is 460 g/mol. The smallest absolute Gasteiger partial charge is 0.228 e. The van der Waals surface area contributed by atoms with Crippen LogP contribution < -0.4 is 0 Å². The predicted molar refractivity (Wildman–Crippen MR) is 127 cm³/mol. The molecule has 0 unspecified atom stereocenters. The second kappa shape index (κ2) is 10.2. The van der Waals surface area contributed by atoms with E-state index in [1.807, 2.05) is 49.9 Å². The summed E-state index contributed by atoms with van der Waals surface area (Å²) in [4.78, 5) is 19.5. The van der Waals surface area contributed by atoms with Crippen molar-refractivity contribution in [3.05, 3.63) is 47.3 Å². The van der Waals surface area contributed by atoms with Gasteiger partial charge in [0.15, 0.2) is 0 Å². The Hall–Kier alpha value is -2.15. The average Bonchev–Trinajstić information content (AvgIpc) is 3.38. The lowest BCUT2D eigenvalue weighted by molar-refractivity contribution is -0.136. The van der Waals surface area contributed by atoms with E-state index < -0.39 is 9.84 Å². The molecule has 0 atom stereocenters. The van der Waals surface area contributed by atoms with Gasteiger partial charge in [-0.05, 0) is 45.1 Å². The van der Waals surface area contributed by atoms with Crippen molar-refractivity contribution in [2.45, 2.75) is 83.8 Å². The number of nitrogens with zero attached hydrogens (tertiary/aromatic N) is 3. The first-order chi connectivity index (χ1) is 15.1. The van der Waals surface area contributed by atoms with E-state index in [9.17, 15) is 13.2 Å². The summed E-state index contributed by atoms with van der Waals surface area (Å²) in [6.07, 6.45) is 5.76. The molecule has 3 rings (SSSR count). The molecular formula is C25H37N3O3S. The third kappa shape index (κ3) is 5.80. The van der Waals surface area contributed by atoms with Gasteiger partial charge in [0.2, 0.25) is 20.9 Å². The number of carbonyl (C=O) groups excluding carboxylic acids is 1. The molecule has 2 aromatic rings. The molecule has 176 valence electrons. The molecule has 6 nitrogen and oxygen atoms in total. The molecule has 1 amide bonds. The van der Waals surface area contributed by atoms with E-state index in [1.54, 1.807) is 10.8 Å². The van der Waals surface area contributed by atoms with Crippen molar-refractivity contribution in [3.8, 4) is 0 Å². The summed E-state index contributed by atoms with van der Waals surface area (Å²) in [6.45, 7) is 11.1. The van der Waals surface area contributed by atoms with Crippen LogP contribution >= 0.6 is 0 Å². The summed E-state index contributed by atoms with van der Waals surface area (Å²) in [5.41, 5.74) is 2.61. The van der Waals surface area contributed by atoms with Gasteiger partial charge in [-0.2, -0.15) is 0 Å².